The van der Waals surface area contributed by atoms with Crippen LogP contribution in [0.1, 0.15) is 42.4 Å². The molecule has 0 saturated heterocycles. The van der Waals surface area contributed by atoms with E-state index in [4.69, 9.17) is 0 Å². The van der Waals surface area contributed by atoms with E-state index in [2.05, 4.69) is 32.0 Å². The average Bonchev–Trinajstić information content (AvgIpc) is 2.94. The number of hydrogen-bond donors (Lipinski definition) is 1. The van der Waals surface area contributed by atoms with Gasteiger partial charge in [-0.25, -0.2) is 0 Å². The van der Waals surface area contributed by atoms with Crippen molar-refractivity contribution in [3.8, 4) is 0 Å². The molecule has 1 heteroatoms. The van der Waals surface area contributed by atoms with Crippen LogP contribution in [0.5, 0.6) is 0 Å². The van der Waals surface area contributed by atoms with E-state index in [0.29, 0.717) is 6.61 Å². The van der Waals surface area contributed by atoms with Gasteiger partial charge in [-0.3, -0.25) is 0 Å². The SMILES string of the molecule is Cc1ccc(C)c(CC2(CO)CC3CCC2C3)c1. The number of rotatable bonds is 3. The molecule has 2 saturated carbocycles. The van der Waals surface area contributed by atoms with Crippen molar-refractivity contribution in [3.63, 3.8) is 0 Å². The Hall–Kier alpha value is -0.820. The van der Waals surface area contributed by atoms with Crippen molar-refractivity contribution in [1.29, 1.82) is 0 Å². The number of aryl methyl sites for hydroxylation is 2. The Bertz CT molecular complexity index is 451. The van der Waals surface area contributed by atoms with Crippen LogP contribution in [0, 0.1) is 31.1 Å². The van der Waals surface area contributed by atoms with Gasteiger partial charge in [-0.05, 0) is 62.5 Å². The van der Waals surface area contributed by atoms with E-state index in [0.717, 1.165) is 18.3 Å². The summed E-state index contributed by atoms with van der Waals surface area (Å²) in [5, 5.41) is 9.96. The number of hydrogen-bond acceptors (Lipinski definition) is 1. The van der Waals surface area contributed by atoms with Gasteiger partial charge in [0.25, 0.3) is 0 Å². The molecule has 2 aliphatic carbocycles. The van der Waals surface area contributed by atoms with E-state index in [-0.39, 0.29) is 5.41 Å². The van der Waals surface area contributed by atoms with Crippen molar-refractivity contribution in [2.75, 3.05) is 6.61 Å². The highest BCUT2D eigenvalue weighted by molar-refractivity contribution is 5.32. The lowest BCUT2D eigenvalue weighted by Crippen LogP contribution is -2.34. The van der Waals surface area contributed by atoms with E-state index in [1.165, 1.54) is 42.4 Å². The van der Waals surface area contributed by atoms with Gasteiger partial charge >= 0.3 is 0 Å². The zero-order valence-corrected chi connectivity index (χ0v) is 11.6. The van der Waals surface area contributed by atoms with Crippen LogP contribution in [0.15, 0.2) is 18.2 Å². The van der Waals surface area contributed by atoms with E-state index in [9.17, 15) is 5.11 Å². The van der Waals surface area contributed by atoms with Crippen LogP contribution in [0.2, 0.25) is 0 Å². The van der Waals surface area contributed by atoms with Crippen molar-refractivity contribution in [2.24, 2.45) is 17.3 Å². The van der Waals surface area contributed by atoms with Gasteiger partial charge in [0.15, 0.2) is 0 Å². The third kappa shape index (κ3) is 1.89. The Morgan fingerprint density at radius 1 is 1.28 bits per heavy atom. The highest BCUT2D eigenvalue weighted by Gasteiger charge is 2.50. The van der Waals surface area contributed by atoms with Crippen LogP contribution in [0.4, 0.5) is 0 Å². The molecule has 0 heterocycles. The number of aliphatic hydroxyl groups excluding tert-OH is 1. The van der Waals surface area contributed by atoms with Crippen molar-refractivity contribution >= 4 is 0 Å². The lowest BCUT2D eigenvalue weighted by molar-refractivity contribution is 0.0650. The van der Waals surface area contributed by atoms with Gasteiger partial charge in [-0.15, -0.1) is 0 Å². The standard InChI is InChI=1S/C17H24O/c1-12-3-4-13(2)15(7-12)10-17(11-18)9-14-5-6-16(17)8-14/h3-4,7,14,16,18H,5-6,8-11H2,1-2H3. The third-order valence-corrected chi connectivity index (χ3v) is 5.46. The second-order valence-electron chi connectivity index (χ2n) is 6.71. The molecule has 1 aromatic rings. The van der Waals surface area contributed by atoms with Crippen LogP contribution in [-0.2, 0) is 6.42 Å². The Morgan fingerprint density at radius 3 is 2.72 bits per heavy atom. The summed E-state index contributed by atoms with van der Waals surface area (Å²) < 4.78 is 0. The lowest BCUT2D eigenvalue weighted by Gasteiger charge is -2.36. The van der Waals surface area contributed by atoms with E-state index in [1.807, 2.05) is 0 Å². The maximum atomic E-state index is 9.96. The van der Waals surface area contributed by atoms with Gasteiger partial charge in [0.1, 0.15) is 0 Å². The second kappa shape index (κ2) is 4.38. The second-order valence-corrected chi connectivity index (χ2v) is 6.71. The maximum Gasteiger partial charge on any atom is 0.0493 e. The zero-order chi connectivity index (χ0) is 12.8. The zero-order valence-electron chi connectivity index (χ0n) is 11.6. The molecular formula is C17H24O. The van der Waals surface area contributed by atoms with Gasteiger partial charge in [0.05, 0.1) is 0 Å². The molecule has 0 radical (unpaired) electrons. The lowest BCUT2D eigenvalue weighted by atomic mass is 9.69. The summed E-state index contributed by atoms with van der Waals surface area (Å²) >= 11 is 0. The van der Waals surface area contributed by atoms with Crippen molar-refractivity contribution in [3.05, 3.63) is 34.9 Å². The summed E-state index contributed by atoms with van der Waals surface area (Å²) in [6.07, 6.45) is 6.44. The number of fused-ring (bicyclic) bond motifs is 2. The fourth-order valence-corrected chi connectivity index (χ4v) is 4.39. The average molecular weight is 244 g/mol. The molecule has 0 aliphatic heterocycles. The summed E-state index contributed by atoms with van der Waals surface area (Å²) in [5.41, 5.74) is 4.38. The van der Waals surface area contributed by atoms with Crippen LogP contribution in [-0.4, -0.2) is 11.7 Å². The molecule has 3 atom stereocenters. The minimum Gasteiger partial charge on any atom is -0.396 e. The van der Waals surface area contributed by atoms with E-state index >= 15 is 0 Å². The smallest absolute Gasteiger partial charge is 0.0493 e. The first-order valence-electron chi connectivity index (χ1n) is 7.30. The Morgan fingerprint density at radius 2 is 2.11 bits per heavy atom. The predicted molar refractivity (Wildman–Crippen MR) is 74.6 cm³/mol. The van der Waals surface area contributed by atoms with E-state index < -0.39 is 0 Å². The molecule has 0 spiro atoms. The van der Waals surface area contributed by atoms with Gasteiger partial charge in [-0.1, -0.05) is 30.2 Å². The first-order valence-corrected chi connectivity index (χ1v) is 7.30. The highest BCUT2D eigenvalue weighted by Crippen LogP contribution is 2.57. The normalized spacial score (nSPS) is 34.2. The molecule has 0 aromatic heterocycles. The molecule has 1 aromatic carbocycles. The molecule has 2 bridgehead atoms. The third-order valence-electron chi connectivity index (χ3n) is 5.46. The Balaban J connectivity index is 1.88. The molecular weight excluding hydrogens is 220 g/mol. The van der Waals surface area contributed by atoms with Crippen molar-refractivity contribution in [1.82, 2.24) is 0 Å². The van der Waals surface area contributed by atoms with E-state index in [1.54, 1.807) is 0 Å². The van der Waals surface area contributed by atoms with Gasteiger partial charge < -0.3 is 5.11 Å². The summed E-state index contributed by atoms with van der Waals surface area (Å²) in [6.45, 7) is 4.74. The van der Waals surface area contributed by atoms with Crippen LogP contribution in [0.3, 0.4) is 0 Å². The van der Waals surface area contributed by atoms with Gasteiger partial charge in [0.2, 0.25) is 0 Å². The summed E-state index contributed by atoms with van der Waals surface area (Å²) in [4.78, 5) is 0. The molecule has 0 amide bonds. The first-order chi connectivity index (χ1) is 8.63. The predicted octanol–water partition coefficient (Wildman–Crippen LogP) is 3.64. The van der Waals surface area contributed by atoms with Gasteiger partial charge in [-0.2, -0.15) is 0 Å². The summed E-state index contributed by atoms with van der Waals surface area (Å²) in [7, 11) is 0. The minimum atomic E-state index is 0.196. The summed E-state index contributed by atoms with van der Waals surface area (Å²) in [5.74, 6) is 1.67. The fraction of sp³-hybridized carbons (Fsp3) is 0.647. The molecule has 3 rings (SSSR count). The quantitative estimate of drug-likeness (QED) is 0.860. The molecule has 2 aliphatic rings. The van der Waals surface area contributed by atoms with Crippen LogP contribution in [0.25, 0.3) is 0 Å². The van der Waals surface area contributed by atoms with Gasteiger partial charge in [0, 0.05) is 12.0 Å². The summed E-state index contributed by atoms with van der Waals surface area (Å²) in [6, 6.07) is 6.73. The number of aliphatic hydroxyl groups is 1. The fourth-order valence-electron chi connectivity index (χ4n) is 4.39. The van der Waals surface area contributed by atoms with Crippen molar-refractivity contribution in [2.45, 2.75) is 46.0 Å². The largest absolute Gasteiger partial charge is 0.396 e. The minimum absolute atomic E-state index is 0.196. The molecule has 98 valence electrons. The Kier molecular flexibility index (Phi) is 2.97. The van der Waals surface area contributed by atoms with Crippen molar-refractivity contribution < 1.29 is 5.11 Å². The topological polar surface area (TPSA) is 20.2 Å². The maximum absolute atomic E-state index is 9.96. The molecule has 18 heavy (non-hydrogen) atoms. The number of benzene rings is 1. The molecule has 1 nitrogen and oxygen atoms in total. The molecule has 3 unspecified atom stereocenters. The highest BCUT2D eigenvalue weighted by atomic mass is 16.3. The molecule has 2 fully saturated rings. The monoisotopic (exact) mass is 244 g/mol. The Labute approximate surface area is 110 Å². The first kappa shape index (κ1) is 12.2. The van der Waals surface area contributed by atoms with Crippen LogP contribution < -0.4 is 0 Å². The molecule has 1 N–H and O–H groups in total. The van der Waals surface area contributed by atoms with Crippen LogP contribution >= 0.6 is 0 Å².